The van der Waals surface area contributed by atoms with Gasteiger partial charge in [0.05, 0.1) is 5.56 Å². The van der Waals surface area contributed by atoms with Crippen molar-refractivity contribution in [1.82, 2.24) is 14.9 Å². The Morgan fingerprint density at radius 1 is 1.13 bits per heavy atom. The summed E-state index contributed by atoms with van der Waals surface area (Å²) < 4.78 is 5.52. The van der Waals surface area contributed by atoms with Gasteiger partial charge >= 0.3 is 6.09 Å². The van der Waals surface area contributed by atoms with Crippen LogP contribution in [-0.4, -0.2) is 44.4 Å². The lowest BCUT2D eigenvalue weighted by Gasteiger charge is -2.39. The number of rotatable bonds is 2. The van der Waals surface area contributed by atoms with Crippen molar-refractivity contribution in [3.8, 4) is 0 Å². The number of carbonyl (C=O) groups excluding carboxylic acids is 2. The molecule has 2 fully saturated rings. The van der Waals surface area contributed by atoms with Crippen LogP contribution in [0.1, 0.15) is 56.8 Å². The van der Waals surface area contributed by atoms with Crippen LogP contribution in [0.15, 0.2) is 18.7 Å². The van der Waals surface area contributed by atoms with Crippen LogP contribution in [0.5, 0.6) is 0 Å². The lowest BCUT2D eigenvalue weighted by molar-refractivity contribution is 0.00253. The molecule has 2 aliphatic heterocycles. The number of hydrogen-bond donors (Lipinski definition) is 0. The van der Waals surface area contributed by atoms with Crippen molar-refractivity contribution in [2.75, 3.05) is 0 Å². The first kappa shape index (κ1) is 15.9. The molecule has 2 atom stereocenters. The molecular formula is C17H23N3O3. The van der Waals surface area contributed by atoms with E-state index >= 15 is 0 Å². The number of nitrogens with zero attached hydrogens (tertiary/aromatic N) is 3. The number of fused-ring (bicyclic) bond motifs is 2. The summed E-state index contributed by atoms with van der Waals surface area (Å²) in [7, 11) is 0. The molecule has 2 aliphatic rings. The van der Waals surface area contributed by atoms with E-state index in [9.17, 15) is 9.59 Å². The molecule has 0 aliphatic carbocycles. The van der Waals surface area contributed by atoms with Crippen LogP contribution < -0.4 is 0 Å². The molecule has 0 N–H and O–H groups in total. The lowest BCUT2D eigenvalue weighted by Crippen LogP contribution is -2.49. The van der Waals surface area contributed by atoms with E-state index in [0.717, 1.165) is 12.8 Å². The van der Waals surface area contributed by atoms with Gasteiger partial charge in [-0.25, -0.2) is 14.8 Å². The minimum Gasteiger partial charge on any atom is -0.444 e. The minimum absolute atomic E-state index is 0.0582. The van der Waals surface area contributed by atoms with Gasteiger partial charge in [0.25, 0.3) is 0 Å². The monoisotopic (exact) mass is 317 g/mol. The Morgan fingerprint density at radius 3 is 2.22 bits per heavy atom. The summed E-state index contributed by atoms with van der Waals surface area (Å²) in [5.41, 5.74) is 0.0625. The molecule has 0 aromatic carbocycles. The highest BCUT2D eigenvalue weighted by Crippen LogP contribution is 2.40. The highest BCUT2D eigenvalue weighted by molar-refractivity contribution is 5.97. The number of Topliss-reactive ketones (excluding diaryl/α,β-unsaturated/α-hetero) is 1. The van der Waals surface area contributed by atoms with Crippen LogP contribution in [0, 0.1) is 5.92 Å². The third-order valence-electron chi connectivity index (χ3n) is 4.55. The second kappa shape index (κ2) is 5.91. The third-order valence-corrected chi connectivity index (χ3v) is 4.55. The van der Waals surface area contributed by atoms with Crippen molar-refractivity contribution >= 4 is 11.9 Å². The predicted octanol–water partition coefficient (Wildman–Crippen LogP) is 2.84. The Kier molecular flexibility index (Phi) is 4.08. The molecule has 1 aromatic rings. The van der Waals surface area contributed by atoms with E-state index in [2.05, 4.69) is 9.97 Å². The summed E-state index contributed by atoms with van der Waals surface area (Å²) in [5, 5.41) is 0. The van der Waals surface area contributed by atoms with Crippen LogP contribution in [0.4, 0.5) is 4.79 Å². The predicted molar refractivity (Wildman–Crippen MR) is 84.0 cm³/mol. The number of piperidine rings is 1. The lowest BCUT2D eigenvalue weighted by atomic mass is 9.85. The summed E-state index contributed by atoms with van der Waals surface area (Å²) in [6.45, 7) is 5.62. The molecule has 0 spiro atoms. The van der Waals surface area contributed by atoms with Gasteiger partial charge in [-0.2, -0.15) is 0 Å². The molecule has 0 saturated carbocycles. The highest BCUT2D eigenvalue weighted by atomic mass is 16.6. The number of carbonyl (C=O) groups is 2. The molecule has 0 radical (unpaired) electrons. The van der Waals surface area contributed by atoms with Gasteiger partial charge < -0.3 is 9.64 Å². The van der Waals surface area contributed by atoms with Crippen LogP contribution in [-0.2, 0) is 4.74 Å². The van der Waals surface area contributed by atoms with Gasteiger partial charge in [-0.3, -0.25) is 4.79 Å². The van der Waals surface area contributed by atoms with E-state index in [1.807, 2.05) is 25.7 Å². The van der Waals surface area contributed by atoms with E-state index in [-0.39, 0.29) is 29.9 Å². The quantitative estimate of drug-likeness (QED) is 0.784. The number of aromatic nitrogens is 2. The van der Waals surface area contributed by atoms with Gasteiger partial charge in [0.2, 0.25) is 0 Å². The van der Waals surface area contributed by atoms with Crippen molar-refractivity contribution in [2.24, 2.45) is 5.92 Å². The molecule has 3 heterocycles. The topological polar surface area (TPSA) is 72.4 Å². The molecule has 2 unspecified atom stereocenters. The van der Waals surface area contributed by atoms with Gasteiger partial charge in [-0.1, -0.05) is 0 Å². The smallest absolute Gasteiger partial charge is 0.410 e. The average Bonchev–Trinajstić information content (AvgIpc) is 2.76. The first-order valence-electron chi connectivity index (χ1n) is 8.15. The van der Waals surface area contributed by atoms with Gasteiger partial charge in [-0.05, 0) is 46.5 Å². The molecule has 124 valence electrons. The fourth-order valence-electron chi connectivity index (χ4n) is 3.67. The molecule has 1 amide bonds. The van der Waals surface area contributed by atoms with E-state index in [1.165, 1.54) is 6.33 Å². The number of amides is 1. The maximum atomic E-state index is 12.6. The van der Waals surface area contributed by atoms with E-state index < -0.39 is 5.60 Å². The van der Waals surface area contributed by atoms with Crippen molar-refractivity contribution in [1.29, 1.82) is 0 Å². The Bertz CT molecular complexity index is 583. The van der Waals surface area contributed by atoms with Gasteiger partial charge in [0, 0.05) is 30.4 Å². The first-order chi connectivity index (χ1) is 10.8. The third kappa shape index (κ3) is 3.35. The average molecular weight is 317 g/mol. The standard InChI is InChI=1S/C17H23N3O3/c1-17(2,3)23-16(22)20-13-4-5-14(20)7-11(6-13)15(21)12-8-18-10-19-9-12/h8-11,13-14H,4-7H2,1-3H3. The summed E-state index contributed by atoms with van der Waals surface area (Å²) in [5.74, 6) is 0.0310. The van der Waals surface area contributed by atoms with Crippen LogP contribution in [0.2, 0.25) is 0 Å². The summed E-state index contributed by atoms with van der Waals surface area (Å²) in [4.78, 5) is 34.7. The SMILES string of the molecule is CC(C)(C)OC(=O)N1C2CCC1CC(C(=O)c1cncnc1)C2. The Morgan fingerprint density at radius 2 is 1.70 bits per heavy atom. The summed E-state index contributed by atoms with van der Waals surface area (Å²) in [6.07, 6.45) is 7.59. The van der Waals surface area contributed by atoms with Crippen molar-refractivity contribution < 1.29 is 14.3 Å². The zero-order valence-electron chi connectivity index (χ0n) is 13.9. The Balaban J connectivity index is 1.70. The van der Waals surface area contributed by atoms with E-state index in [1.54, 1.807) is 12.4 Å². The van der Waals surface area contributed by atoms with Crippen molar-refractivity contribution in [2.45, 2.75) is 64.1 Å². The summed E-state index contributed by atoms with van der Waals surface area (Å²) >= 11 is 0. The first-order valence-corrected chi connectivity index (χ1v) is 8.15. The Hall–Kier alpha value is -1.98. The van der Waals surface area contributed by atoms with Crippen molar-refractivity contribution in [3.63, 3.8) is 0 Å². The van der Waals surface area contributed by atoms with E-state index in [0.29, 0.717) is 18.4 Å². The maximum absolute atomic E-state index is 12.6. The maximum Gasteiger partial charge on any atom is 0.410 e. The zero-order chi connectivity index (χ0) is 16.6. The normalized spacial score (nSPS) is 26.9. The van der Waals surface area contributed by atoms with Gasteiger partial charge in [0.1, 0.15) is 11.9 Å². The van der Waals surface area contributed by atoms with E-state index in [4.69, 9.17) is 4.74 Å². The largest absolute Gasteiger partial charge is 0.444 e. The fourth-order valence-corrected chi connectivity index (χ4v) is 3.67. The highest BCUT2D eigenvalue weighted by Gasteiger charge is 2.46. The minimum atomic E-state index is -0.495. The molecular weight excluding hydrogens is 294 g/mol. The number of ether oxygens (including phenoxy) is 1. The molecule has 6 nitrogen and oxygen atoms in total. The van der Waals surface area contributed by atoms with Crippen LogP contribution in [0.3, 0.4) is 0 Å². The van der Waals surface area contributed by atoms with Crippen LogP contribution in [0.25, 0.3) is 0 Å². The van der Waals surface area contributed by atoms with Gasteiger partial charge in [-0.15, -0.1) is 0 Å². The fraction of sp³-hybridized carbons (Fsp3) is 0.647. The second-order valence-corrected chi connectivity index (χ2v) is 7.43. The molecule has 3 rings (SSSR count). The summed E-state index contributed by atoms with van der Waals surface area (Å²) in [6, 6.07) is 0.198. The molecule has 2 saturated heterocycles. The van der Waals surface area contributed by atoms with Gasteiger partial charge in [0.15, 0.2) is 5.78 Å². The number of ketones is 1. The molecule has 1 aromatic heterocycles. The van der Waals surface area contributed by atoms with Crippen LogP contribution >= 0.6 is 0 Å². The molecule has 6 heteroatoms. The molecule has 23 heavy (non-hydrogen) atoms. The Labute approximate surface area is 136 Å². The molecule has 2 bridgehead atoms. The zero-order valence-corrected chi connectivity index (χ0v) is 13.9. The number of hydrogen-bond acceptors (Lipinski definition) is 5. The van der Waals surface area contributed by atoms with Crippen molar-refractivity contribution in [3.05, 3.63) is 24.3 Å². The second-order valence-electron chi connectivity index (χ2n) is 7.43.